The number of para-hydroxylation sites is 4. The second-order valence-corrected chi connectivity index (χ2v) is 31.5. The third-order valence-corrected chi connectivity index (χ3v) is 24.0. The largest absolute Gasteiger partial charge is 0.408 e. The number of pyridine rings is 4. The smallest absolute Gasteiger partial charge is 0.396 e. The van der Waals surface area contributed by atoms with Gasteiger partial charge in [0.2, 0.25) is 22.1 Å². The van der Waals surface area contributed by atoms with Gasteiger partial charge in [-0.05, 0) is 193 Å². The normalized spacial score (nSPS) is 19.1. The zero-order valence-electron chi connectivity index (χ0n) is 84.5. The van der Waals surface area contributed by atoms with Crippen molar-refractivity contribution in [2.45, 2.75) is 137 Å². The van der Waals surface area contributed by atoms with E-state index in [4.69, 9.17) is 20.6 Å². The molecule has 0 spiro atoms. The molecular weight excluding hydrogens is 1340 g/mol. The second-order valence-electron chi connectivity index (χ2n) is 31.5. The number of nitrogens with zero attached hydrogens (tertiary/aromatic N) is 8. The molecule has 12 aromatic rings. The molecule has 0 amide bonds. The van der Waals surface area contributed by atoms with E-state index in [-0.39, 0.29) is 39.2 Å². The zero-order chi connectivity index (χ0) is 92.9. The third-order valence-electron chi connectivity index (χ3n) is 24.0. The van der Waals surface area contributed by atoms with Crippen LogP contribution in [0.3, 0.4) is 0 Å². The highest BCUT2D eigenvalue weighted by Crippen LogP contribution is 2.37. The first-order chi connectivity index (χ1) is 60.7. The minimum absolute atomic E-state index is 0.0153. The molecule has 12 heteroatoms. The van der Waals surface area contributed by atoms with Gasteiger partial charge in [0.05, 0.1) is 0 Å². The highest BCUT2D eigenvalue weighted by atomic mass is 15.1. The quantitative estimate of drug-likeness (QED) is 0.101. The Labute approximate surface area is 687 Å². The summed E-state index contributed by atoms with van der Waals surface area (Å²) in [6.45, 7) is -2.63. The van der Waals surface area contributed by atoms with E-state index in [2.05, 4.69) is 72.5 Å². The lowest BCUT2D eigenvalue weighted by Gasteiger charge is -2.28. The molecule has 0 unspecified atom stereocenters. The van der Waals surface area contributed by atoms with Crippen LogP contribution in [0.5, 0.6) is 0 Å². The van der Waals surface area contributed by atoms with Crippen molar-refractivity contribution in [3.63, 3.8) is 0 Å². The Morgan fingerprint density at radius 1 is 0.387 bits per heavy atom. The molecule has 558 valence electrons. The van der Waals surface area contributed by atoms with Gasteiger partial charge in [0.15, 0.2) is 22.4 Å². The number of rotatable bonds is 10. The summed E-state index contributed by atoms with van der Waals surface area (Å²) in [5.41, 5.74) is 12.4. The van der Waals surface area contributed by atoms with Crippen LogP contribution in [0.4, 0.5) is 0 Å². The van der Waals surface area contributed by atoms with Crippen molar-refractivity contribution in [1.29, 1.82) is 0 Å². The minimum Gasteiger partial charge on any atom is -0.408 e. The van der Waals surface area contributed by atoms with E-state index in [9.17, 15) is 4.11 Å². The summed E-state index contributed by atoms with van der Waals surface area (Å²) in [7, 11) is 15.4. The number of hydrogen-bond acceptors (Lipinski definition) is 4. The molecule has 2 fully saturated rings. The maximum atomic E-state index is 9.27. The summed E-state index contributed by atoms with van der Waals surface area (Å²) >= 11 is 0. The molecule has 2 saturated carbocycles. The maximum absolute atomic E-state index is 9.27. The van der Waals surface area contributed by atoms with Gasteiger partial charge in [-0.25, -0.2) is 18.3 Å². The molecule has 0 radical (unpaired) electrons. The van der Waals surface area contributed by atoms with Gasteiger partial charge in [-0.15, -0.1) is 0 Å². The summed E-state index contributed by atoms with van der Waals surface area (Å²) in [6.07, 6.45) is 6.00. The first kappa shape index (κ1) is 56.9. The molecule has 0 saturated heterocycles. The Morgan fingerprint density at radius 2 is 0.703 bits per heavy atom. The van der Waals surface area contributed by atoms with Crippen molar-refractivity contribution in [1.82, 2.24) is 19.2 Å². The molecule has 0 atom stereocenters. The predicted octanol–water partition coefficient (Wildman–Crippen LogP) is 9.93. The van der Waals surface area contributed by atoms with E-state index in [1.54, 1.807) is 0 Å². The number of fused-ring (bicyclic) bond motifs is 8. The highest BCUT2D eigenvalue weighted by Gasteiger charge is 2.39. The summed E-state index contributed by atoms with van der Waals surface area (Å²) in [6, 6.07) is 71.0. The Balaban J connectivity index is 0.000000132. The Bertz CT molecular complexity index is 6750. The van der Waals surface area contributed by atoms with Crippen LogP contribution in [0.25, 0.3) is 90.3 Å². The van der Waals surface area contributed by atoms with Gasteiger partial charge in [-0.2, -0.15) is 0 Å². The van der Waals surface area contributed by atoms with Crippen molar-refractivity contribution in [2.24, 2.45) is 40.0 Å². The molecule has 4 aromatic heterocycles. The van der Waals surface area contributed by atoms with Crippen LogP contribution in [0.15, 0.2) is 218 Å². The fraction of sp³-hybridized carbons (Fsp3) is 0.313. The molecule has 4 aliphatic heterocycles. The molecule has 8 heterocycles. The van der Waals surface area contributed by atoms with Crippen molar-refractivity contribution in [2.75, 3.05) is 28.2 Å². The molecular formula is C99H114B4N8+4. The monoisotopic (exact) mass is 1480 g/mol. The van der Waals surface area contributed by atoms with Crippen LogP contribution in [-0.4, -0.2) is 74.8 Å². The van der Waals surface area contributed by atoms with Gasteiger partial charge in [0.1, 0.15) is 28.2 Å². The Hall–Kier alpha value is -10.2. The van der Waals surface area contributed by atoms with Crippen molar-refractivity contribution >= 4 is 140 Å². The van der Waals surface area contributed by atoms with E-state index in [0.717, 1.165) is 165 Å². The first-order valence-corrected chi connectivity index (χ1v) is 39.6. The predicted molar refractivity (Wildman–Crippen MR) is 474 cm³/mol. The standard InChI is InChI=1S/C27H32BN2.C25H28BN2.C24H28BN2.C23H26BN2/c1-20-24-14-8-7-13-22(24)19-28(30(20)3)27-18-23(17-21-11-5-4-6-12-21)25-15-9-10-16-26(25)29(27)2;1-18-21-13-7-6-12-20(21)17-26(28(18)3)25-16-23(19-10-4-5-11-19)22-14-8-9-15-24(22)27(25)2;1-17(2)14-20-15-24(26(4)23-13-9-8-12-22(20)23)25-16-19-10-6-7-11-21(19)18(3)27(25)5;1-16(2)21-14-23(25(4)22-13-9-8-12-20(21)22)24-15-18-10-6-7-11-19(18)17(3)26(24)5/h7-10,13-16,18-19,21H,4-6,11-12,17H2,1-3H3;6-9,12-17,19H,4-5,10-11H2,1-3H3;6-13,15-17H,14H2,1-5H3;6-16H,1-5H3/q4*+1/i1D3,17D2;1D3,19D;3D3,14D2;3D3,16D. The molecule has 8 aromatic carbocycles. The lowest BCUT2D eigenvalue weighted by atomic mass is 9.54. The van der Waals surface area contributed by atoms with Crippen LogP contribution in [0, 0.1) is 11.8 Å². The van der Waals surface area contributed by atoms with Crippen molar-refractivity contribution in [3.8, 4) is 0 Å². The molecule has 0 N–H and O–H groups in total. The van der Waals surface area contributed by atoms with Gasteiger partial charge in [0.25, 0.3) is 0 Å². The van der Waals surface area contributed by atoms with Crippen LogP contribution < -0.4 is 82.4 Å². The first-order valence-electron chi connectivity index (χ1n) is 48.6. The van der Waals surface area contributed by atoms with Gasteiger partial charge in [-0.3, -0.25) is 0 Å². The van der Waals surface area contributed by atoms with Gasteiger partial charge in [-0.1, -0.05) is 242 Å². The number of aryl methyl sites for hydroxylation is 4. The van der Waals surface area contributed by atoms with Gasteiger partial charge < -0.3 is 19.2 Å². The second kappa shape index (κ2) is 32.6. The Morgan fingerprint density at radius 3 is 1.10 bits per heavy atom. The SMILES string of the molecule is [2H]C([2H])([2H])C1=c2ccccc2=CB(c2cc(C([2H])(C)C)c3ccccc3[n+]2C)N1C.[2H]C([2H])([2H])C1=c2ccccc2=CB(c2cc(C([2H])([2H])C(C)C)c3ccccc3[n+]2C)N1C.[2H]C([2H])([2H])C1=c2ccccc2=CB(c2cc(C([2H])([2H])C3CCCCC3)c3ccccc3[n+]2C)N1C.[2H]C([2H])([2H])C1=c2ccccc2=CB(c2cc(C3([2H])CCCC3)c3ccccc3[n+]2C)N1C. The van der Waals surface area contributed by atoms with E-state index in [0.29, 0.717) is 39.1 Å². The summed E-state index contributed by atoms with van der Waals surface area (Å²) in [5.74, 6) is 6.84. The molecule has 0 bridgehead atoms. The molecule has 6 aliphatic rings. The van der Waals surface area contributed by atoms with Gasteiger partial charge in [0, 0.05) is 118 Å². The number of hydrogen-bond donors (Lipinski definition) is 0. The lowest BCUT2D eigenvalue weighted by Crippen LogP contribution is -2.62. The average molecular weight is 1480 g/mol. The topological polar surface area (TPSA) is 28.5 Å². The van der Waals surface area contributed by atoms with Crippen LogP contribution in [0.2, 0.25) is 0 Å². The van der Waals surface area contributed by atoms with Crippen LogP contribution >= 0.6 is 0 Å². The van der Waals surface area contributed by atoms with Crippen molar-refractivity contribution in [3.05, 3.63) is 282 Å². The minimum atomic E-state index is -2.28. The van der Waals surface area contributed by atoms with E-state index in [1.807, 2.05) is 291 Å². The van der Waals surface area contributed by atoms with Crippen molar-refractivity contribution < 1.29 is 42.9 Å². The van der Waals surface area contributed by atoms with E-state index in [1.165, 1.54) is 6.42 Å². The summed E-state index contributed by atoms with van der Waals surface area (Å²) in [4.78, 5) is 7.42. The summed E-state index contributed by atoms with van der Waals surface area (Å²) in [5, 5.41) is 10.6. The molecule has 111 heavy (non-hydrogen) atoms. The third kappa shape index (κ3) is 14.9. The number of benzene rings is 8. The molecule has 2 aliphatic carbocycles. The molecule has 18 rings (SSSR count). The fourth-order valence-corrected chi connectivity index (χ4v) is 17.8. The van der Waals surface area contributed by atoms with Crippen LogP contribution in [-0.2, 0) is 40.9 Å². The lowest BCUT2D eigenvalue weighted by molar-refractivity contribution is -0.627. The van der Waals surface area contributed by atoms with Gasteiger partial charge >= 0.3 is 27.4 Å². The Kier molecular flexibility index (Phi) is 16.7. The average Bonchev–Trinajstić information content (AvgIpc) is 1.04. The zero-order valence-corrected chi connectivity index (χ0v) is 66.5. The fourth-order valence-electron chi connectivity index (χ4n) is 17.8. The highest BCUT2D eigenvalue weighted by molar-refractivity contribution is 6.84. The van der Waals surface area contributed by atoms with E-state index >= 15 is 0 Å². The van der Waals surface area contributed by atoms with Crippen LogP contribution in [0.1, 0.15) is 172 Å². The number of aromatic nitrogens is 4. The van der Waals surface area contributed by atoms with E-state index < -0.39 is 51.9 Å². The maximum Gasteiger partial charge on any atom is 0.396 e. The molecule has 8 nitrogen and oxygen atoms in total. The summed E-state index contributed by atoms with van der Waals surface area (Å²) < 4.78 is 161.